The molecule has 0 unspecified atom stereocenters. The number of hydrogen-bond donors (Lipinski definition) is 0. The molecule has 4 nitrogen and oxygen atoms in total. The van der Waals surface area contributed by atoms with E-state index < -0.39 is 8.24 Å². The van der Waals surface area contributed by atoms with Crippen LogP contribution in [0.3, 0.4) is 0 Å². The second-order valence-corrected chi connectivity index (χ2v) is 13.2. The summed E-state index contributed by atoms with van der Waals surface area (Å²) in [5.74, 6) is -0.200. The largest absolute Gasteiger partial charge is 0.337 e. The maximum absolute atomic E-state index is 14.0. The molecule has 0 bridgehead atoms. The summed E-state index contributed by atoms with van der Waals surface area (Å²) in [6.45, 7) is 8.30. The number of imide groups is 1. The summed E-state index contributed by atoms with van der Waals surface area (Å²) < 4.78 is 2.03. The number of rotatable bonds is 4. The van der Waals surface area contributed by atoms with Crippen LogP contribution in [0, 0.1) is 5.41 Å². The Balaban J connectivity index is 2.05. The van der Waals surface area contributed by atoms with Gasteiger partial charge >= 0.3 is 6.03 Å². The predicted molar refractivity (Wildman–Crippen MR) is 132 cm³/mol. The van der Waals surface area contributed by atoms with Gasteiger partial charge in [0, 0.05) is 13.5 Å². The highest BCUT2D eigenvalue weighted by atomic mass is 28.3. The second kappa shape index (κ2) is 8.39. The number of carbonyl (C=O) groups excluding carboxylic acids is 2. The van der Waals surface area contributed by atoms with Crippen LogP contribution < -0.4 is 15.6 Å². The Labute approximate surface area is 191 Å². The normalized spacial score (nSPS) is 17.0. The van der Waals surface area contributed by atoms with E-state index in [0.29, 0.717) is 6.54 Å². The molecular weight excluding hydrogens is 412 g/mol. The van der Waals surface area contributed by atoms with E-state index in [1.165, 1.54) is 11.8 Å². The third kappa shape index (κ3) is 3.56. The topological polar surface area (TPSA) is 40.6 Å². The van der Waals surface area contributed by atoms with E-state index in [1.54, 1.807) is 0 Å². The monoisotopic (exact) mass is 442 g/mol. The van der Waals surface area contributed by atoms with Gasteiger partial charge in [-0.25, -0.2) is 4.79 Å². The van der Waals surface area contributed by atoms with Crippen LogP contribution in [0.25, 0.3) is 0 Å². The lowest BCUT2D eigenvalue weighted by molar-refractivity contribution is -0.128. The van der Waals surface area contributed by atoms with E-state index in [9.17, 15) is 9.59 Å². The summed E-state index contributed by atoms with van der Waals surface area (Å²) in [6.07, 6.45) is 0. The van der Waals surface area contributed by atoms with Crippen molar-refractivity contribution in [1.82, 2.24) is 9.47 Å². The number of urea groups is 1. The van der Waals surface area contributed by atoms with E-state index in [2.05, 4.69) is 57.2 Å². The van der Waals surface area contributed by atoms with Crippen molar-refractivity contribution in [3.63, 3.8) is 0 Å². The first-order valence-electron chi connectivity index (χ1n) is 11.1. The van der Waals surface area contributed by atoms with Gasteiger partial charge in [0.2, 0.25) is 5.91 Å². The quantitative estimate of drug-likeness (QED) is 0.459. The zero-order chi connectivity index (χ0) is 22.9. The zero-order valence-corrected chi connectivity index (χ0v) is 20.2. The molecule has 4 rings (SSSR count). The third-order valence-electron chi connectivity index (χ3n) is 6.42. The van der Waals surface area contributed by atoms with Crippen molar-refractivity contribution in [1.29, 1.82) is 0 Å². The smallest absolute Gasteiger partial charge is 0.319 e. The van der Waals surface area contributed by atoms with Crippen LogP contribution in [0.5, 0.6) is 0 Å². The summed E-state index contributed by atoms with van der Waals surface area (Å²) in [4.78, 5) is 28.2. The lowest BCUT2D eigenvalue weighted by atomic mass is 9.86. The number of amides is 3. The number of nitrogens with zero attached hydrogens (tertiary/aromatic N) is 2. The van der Waals surface area contributed by atoms with Crippen LogP contribution >= 0.6 is 0 Å². The van der Waals surface area contributed by atoms with Crippen LogP contribution in [0.1, 0.15) is 27.7 Å². The van der Waals surface area contributed by atoms with Crippen molar-refractivity contribution in [3.05, 3.63) is 91.0 Å². The SMILES string of the molecule is CC(=O)N1C(=O)N([Si](c2ccccc2)(c2ccccc2)c2ccccc2)C[C@H]1C(C)(C)C. The van der Waals surface area contributed by atoms with E-state index in [-0.39, 0.29) is 23.4 Å². The summed E-state index contributed by atoms with van der Waals surface area (Å²) >= 11 is 0. The molecule has 3 amide bonds. The third-order valence-corrected chi connectivity index (χ3v) is 11.1. The molecule has 1 aliphatic heterocycles. The van der Waals surface area contributed by atoms with E-state index in [1.807, 2.05) is 59.2 Å². The molecule has 0 radical (unpaired) electrons. The molecule has 0 saturated carbocycles. The molecule has 32 heavy (non-hydrogen) atoms. The first kappa shape index (κ1) is 22.0. The second-order valence-electron chi connectivity index (χ2n) is 9.47. The molecule has 0 aliphatic carbocycles. The fourth-order valence-electron chi connectivity index (χ4n) is 4.90. The fourth-order valence-corrected chi connectivity index (χ4v) is 9.70. The highest BCUT2D eigenvalue weighted by Gasteiger charge is 2.56. The Morgan fingerprint density at radius 1 is 0.781 bits per heavy atom. The summed E-state index contributed by atoms with van der Waals surface area (Å²) in [5, 5.41) is 3.39. The van der Waals surface area contributed by atoms with Gasteiger partial charge in [-0.3, -0.25) is 9.69 Å². The average Bonchev–Trinajstić information content (AvgIpc) is 3.15. The average molecular weight is 443 g/mol. The van der Waals surface area contributed by atoms with Crippen LogP contribution in [-0.2, 0) is 4.79 Å². The van der Waals surface area contributed by atoms with Gasteiger partial charge in [-0.1, -0.05) is 112 Å². The summed E-state index contributed by atoms with van der Waals surface area (Å²) in [7, 11) is -2.97. The fraction of sp³-hybridized carbons (Fsp3) is 0.259. The molecule has 0 spiro atoms. The lowest BCUT2D eigenvalue weighted by Crippen LogP contribution is -2.77. The maximum atomic E-state index is 14.0. The number of benzene rings is 3. The van der Waals surface area contributed by atoms with Gasteiger partial charge < -0.3 is 4.57 Å². The lowest BCUT2D eigenvalue weighted by Gasteiger charge is -2.41. The van der Waals surface area contributed by atoms with Crippen LogP contribution in [0.15, 0.2) is 91.0 Å². The van der Waals surface area contributed by atoms with Gasteiger partial charge in [-0.2, -0.15) is 0 Å². The Morgan fingerprint density at radius 3 is 1.44 bits per heavy atom. The van der Waals surface area contributed by atoms with Gasteiger partial charge in [0.1, 0.15) is 0 Å². The standard InChI is InChI=1S/C27H30N2O2Si/c1-21(30)29-25(27(2,3)4)20-28(26(29)31)32(22-14-8-5-9-15-22,23-16-10-6-11-17-23)24-18-12-7-13-19-24/h5-19,25H,20H2,1-4H3/t25-/m0/s1. The summed E-state index contributed by atoms with van der Waals surface area (Å²) in [5.41, 5.74) is -0.236. The zero-order valence-electron chi connectivity index (χ0n) is 19.2. The maximum Gasteiger partial charge on any atom is 0.319 e. The van der Waals surface area contributed by atoms with Crippen molar-refractivity contribution in [3.8, 4) is 0 Å². The Kier molecular flexibility index (Phi) is 5.78. The predicted octanol–water partition coefficient (Wildman–Crippen LogP) is 3.35. The van der Waals surface area contributed by atoms with Crippen LogP contribution in [0.4, 0.5) is 4.79 Å². The first-order chi connectivity index (χ1) is 15.3. The molecular formula is C27H30N2O2Si. The molecule has 0 aromatic heterocycles. The van der Waals surface area contributed by atoms with Crippen molar-refractivity contribution in [2.75, 3.05) is 6.54 Å². The minimum Gasteiger partial charge on any atom is -0.337 e. The highest BCUT2D eigenvalue weighted by molar-refractivity contribution is 7.10. The van der Waals surface area contributed by atoms with Crippen molar-refractivity contribution in [2.45, 2.75) is 33.7 Å². The molecule has 3 aromatic carbocycles. The highest BCUT2D eigenvalue weighted by Crippen LogP contribution is 2.33. The molecule has 1 saturated heterocycles. The Bertz CT molecular complexity index is 998. The molecule has 164 valence electrons. The van der Waals surface area contributed by atoms with Gasteiger partial charge in [-0.05, 0) is 21.0 Å². The molecule has 0 N–H and O–H groups in total. The molecule has 1 atom stereocenters. The molecule has 1 fully saturated rings. The van der Waals surface area contributed by atoms with Crippen molar-refractivity contribution in [2.24, 2.45) is 5.41 Å². The molecule has 1 aliphatic rings. The van der Waals surface area contributed by atoms with E-state index in [4.69, 9.17) is 0 Å². The summed E-state index contributed by atoms with van der Waals surface area (Å²) in [6, 6.07) is 30.6. The van der Waals surface area contributed by atoms with Crippen LogP contribution in [-0.4, -0.2) is 42.2 Å². The number of hydrogen-bond acceptors (Lipinski definition) is 2. The molecule has 1 heterocycles. The van der Waals surface area contributed by atoms with Crippen LogP contribution in [0.2, 0.25) is 0 Å². The number of carbonyl (C=O) groups is 2. The van der Waals surface area contributed by atoms with Gasteiger partial charge in [-0.15, -0.1) is 0 Å². The van der Waals surface area contributed by atoms with Crippen molar-refractivity contribution >= 4 is 35.7 Å². The Morgan fingerprint density at radius 2 is 1.16 bits per heavy atom. The van der Waals surface area contributed by atoms with E-state index >= 15 is 0 Å². The Hall–Kier alpha value is -3.18. The molecule has 5 heteroatoms. The van der Waals surface area contributed by atoms with Gasteiger partial charge in [0.25, 0.3) is 8.24 Å². The van der Waals surface area contributed by atoms with Crippen molar-refractivity contribution < 1.29 is 9.59 Å². The van der Waals surface area contributed by atoms with Gasteiger partial charge in [0.05, 0.1) is 6.04 Å². The minimum atomic E-state index is -2.97. The first-order valence-corrected chi connectivity index (χ1v) is 13.0. The molecule has 3 aromatic rings. The minimum absolute atomic E-state index is 0.194. The van der Waals surface area contributed by atoms with E-state index in [0.717, 1.165) is 15.6 Å². The van der Waals surface area contributed by atoms with Gasteiger partial charge in [0.15, 0.2) is 0 Å².